The van der Waals surface area contributed by atoms with Crippen LogP contribution in [0.1, 0.15) is 56.1 Å². The molecule has 22 heavy (non-hydrogen) atoms. The van der Waals surface area contributed by atoms with Gasteiger partial charge in [-0.25, -0.2) is 0 Å². The highest BCUT2D eigenvalue weighted by Gasteiger charge is 2.28. The molecule has 4 nitrogen and oxygen atoms in total. The number of hydrogen-bond acceptors (Lipinski definition) is 3. The van der Waals surface area contributed by atoms with Gasteiger partial charge in [0.15, 0.2) is 0 Å². The van der Waals surface area contributed by atoms with Crippen LogP contribution in [0.2, 0.25) is 0 Å². The maximum atomic E-state index is 12.5. The smallest absolute Gasteiger partial charge is 0.262 e. The van der Waals surface area contributed by atoms with Gasteiger partial charge in [-0.1, -0.05) is 26.8 Å². The third kappa shape index (κ3) is 4.57. The van der Waals surface area contributed by atoms with Crippen LogP contribution in [0, 0.1) is 11.8 Å². The Labute approximate surface area is 136 Å². The predicted molar refractivity (Wildman–Crippen MR) is 90.0 cm³/mol. The van der Waals surface area contributed by atoms with Gasteiger partial charge >= 0.3 is 0 Å². The summed E-state index contributed by atoms with van der Waals surface area (Å²) in [4.78, 5) is 25.3. The Kier molecular flexibility index (Phi) is 6.00. The average Bonchev–Trinajstić information content (AvgIpc) is 3.00. The fourth-order valence-electron chi connectivity index (χ4n) is 2.85. The van der Waals surface area contributed by atoms with Gasteiger partial charge in [-0.3, -0.25) is 9.59 Å². The quantitative estimate of drug-likeness (QED) is 0.874. The van der Waals surface area contributed by atoms with Crippen LogP contribution in [-0.4, -0.2) is 23.9 Å². The summed E-state index contributed by atoms with van der Waals surface area (Å²) in [6.45, 7) is 6.18. The third-order valence-corrected chi connectivity index (χ3v) is 5.21. The maximum Gasteiger partial charge on any atom is 0.262 e. The summed E-state index contributed by atoms with van der Waals surface area (Å²) in [6, 6.07) is 3.39. The summed E-state index contributed by atoms with van der Waals surface area (Å²) >= 11 is 1.39. The lowest BCUT2D eigenvalue weighted by Crippen LogP contribution is -2.52. The zero-order chi connectivity index (χ0) is 16.1. The van der Waals surface area contributed by atoms with Crippen molar-refractivity contribution in [2.24, 2.45) is 11.8 Å². The second-order valence-electron chi connectivity index (χ2n) is 6.64. The van der Waals surface area contributed by atoms with E-state index in [0.717, 1.165) is 18.8 Å². The minimum absolute atomic E-state index is 0.0561. The molecule has 1 aliphatic carbocycles. The van der Waals surface area contributed by atoms with Gasteiger partial charge in [0.05, 0.1) is 4.88 Å². The molecule has 0 bridgehead atoms. The SMILES string of the molecule is CC1CCC(NC(=O)C(NC(=O)c2cccs2)C(C)C)CC1. The van der Waals surface area contributed by atoms with Crippen LogP contribution >= 0.6 is 11.3 Å². The number of amides is 2. The van der Waals surface area contributed by atoms with Gasteiger partial charge < -0.3 is 10.6 Å². The highest BCUT2D eigenvalue weighted by Crippen LogP contribution is 2.23. The number of carbonyl (C=O) groups is 2. The normalized spacial score (nSPS) is 23.1. The highest BCUT2D eigenvalue weighted by molar-refractivity contribution is 7.12. The Bertz CT molecular complexity index is 491. The molecule has 0 aliphatic heterocycles. The Morgan fingerprint density at radius 3 is 2.45 bits per heavy atom. The lowest BCUT2D eigenvalue weighted by molar-refractivity contribution is -0.124. The van der Waals surface area contributed by atoms with Crippen molar-refractivity contribution in [2.75, 3.05) is 0 Å². The first-order chi connectivity index (χ1) is 10.5. The molecule has 1 unspecified atom stereocenters. The van der Waals surface area contributed by atoms with E-state index in [1.165, 1.54) is 24.2 Å². The molecule has 0 spiro atoms. The zero-order valence-corrected chi connectivity index (χ0v) is 14.4. The number of hydrogen-bond donors (Lipinski definition) is 2. The van der Waals surface area contributed by atoms with Crippen molar-refractivity contribution in [1.82, 2.24) is 10.6 Å². The Hall–Kier alpha value is -1.36. The van der Waals surface area contributed by atoms with E-state index in [1.807, 2.05) is 25.3 Å². The molecule has 1 fully saturated rings. The summed E-state index contributed by atoms with van der Waals surface area (Å²) in [5.41, 5.74) is 0. The zero-order valence-electron chi connectivity index (χ0n) is 13.6. The standard InChI is InChI=1S/C17H26N2O2S/c1-11(2)15(19-16(20)14-5-4-10-22-14)17(21)18-13-8-6-12(3)7-9-13/h4-5,10-13,15H,6-9H2,1-3H3,(H,18,21)(H,19,20). The summed E-state index contributed by atoms with van der Waals surface area (Å²) in [5, 5.41) is 7.86. The lowest BCUT2D eigenvalue weighted by atomic mass is 9.87. The molecule has 1 heterocycles. The molecule has 0 radical (unpaired) electrons. The summed E-state index contributed by atoms with van der Waals surface area (Å²) < 4.78 is 0. The third-order valence-electron chi connectivity index (χ3n) is 4.34. The second-order valence-corrected chi connectivity index (χ2v) is 7.59. The van der Waals surface area contributed by atoms with Crippen molar-refractivity contribution >= 4 is 23.2 Å². The van der Waals surface area contributed by atoms with E-state index in [0.29, 0.717) is 4.88 Å². The van der Waals surface area contributed by atoms with Crippen molar-refractivity contribution < 1.29 is 9.59 Å². The van der Waals surface area contributed by atoms with Gasteiger partial charge in [0, 0.05) is 6.04 Å². The summed E-state index contributed by atoms with van der Waals surface area (Å²) in [5.74, 6) is 0.597. The molecule has 1 aromatic heterocycles. The Balaban J connectivity index is 1.92. The first kappa shape index (κ1) is 17.0. The number of thiophene rings is 1. The van der Waals surface area contributed by atoms with Crippen molar-refractivity contribution in [1.29, 1.82) is 0 Å². The van der Waals surface area contributed by atoms with Gasteiger partial charge in [-0.2, -0.15) is 0 Å². The average molecular weight is 322 g/mol. The molecular formula is C17H26N2O2S. The van der Waals surface area contributed by atoms with E-state index in [4.69, 9.17) is 0 Å². The molecule has 1 aliphatic rings. The van der Waals surface area contributed by atoms with Crippen LogP contribution in [0.25, 0.3) is 0 Å². The van der Waals surface area contributed by atoms with Gasteiger partial charge in [0.25, 0.3) is 5.91 Å². The van der Waals surface area contributed by atoms with Crippen LogP contribution in [0.4, 0.5) is 0 Å². The molecule has 1 aromatic rings. The Morgan fingerprint density at radius 1 is 1.23 bits per heavy atom. The van der Waals surface area contributed by atoms with Gasteiger partial charge in [-0.05, 0) is 49.0 Å². The first-order valence-corrected chi connectivity index (χ1v) is 9.00. The van der Waals surface area contributed by atoms with E-state index in [-0.39, 0.29) is 23.8 Å². The molecule has 2 amide bonds. The number of carbonyl (C=O) groups excluding carboxylic acids is 2. The molecule has 5 heteroatoms. The van der Waals surface area contributed by atoms with Crippen LogP contribution in [0.3, 0.4) is 0 Å². The van der Waals surface area contributed by atoms with Crippen molar-refractivity contribution in [3.8, 4) is 0 Å². The van der Waals surface area contributed by atoms with E-state index < -0.39 is 6.04 Å². The number of rotatable bonds is 5. The maximum absolute atomic E-state index is 12.5. The number of nitrogens with one attached hydrogen (secondary N) is 2. The van der Waals surface area contributed by atoms with E-state index in [9.17, 15) is 9.59 Å². The molecular weight excluding hydrogens is 296 g/mol. The van der Waals surface area contributed by atoms with Gasteiger partial charge in [0.2, 0.25) is 5.91 Å². The summed E-state index contributed by atoms with van der Waals surface area (Å²) in [7, 11) is 0. The van der Waals surface area contributed by atoms with Crippen LogP contribution in [0.15, 0.2) is 17.5 Å². The molecule has 0 saturated heterocycles. The summed E-state index contributed by atoms with van der Waals surface area (Å²) in [6.07, 6.45) is 4.41. The largest absolute Gasteiger partial charge is 0.352 e. The molecule has 0 aromatic carbocycles. The second kappa shape index (κ2) is 7.77. The van der Waals surface area contributed by atoms with Crippen LogP contribution in [-0.2, 0) is 4.79 Å². The fraction of sp³-hybridized carbons (Fsp3) is 0.647. The molecule has 1 saturated carbocycles. The molecule has 2 N–H and O–H groups in total. The lowest BCUT2D eigenvalue weighted by Gasteiger charge is -2.29. The first-order valence-electron chi connectivity index (χ1n) is 8.12. The predicted octanol–water partition coefficient (Wildman–Crippen LogP) is 3.20. The van der Waals surface area contributed by atoms with Gasteiger partial charge in [0.1, 0.15) is 6.04 Å². The van der Waals surface area contributed by atoms with Gasteiger partial charge in [-0.15, -0.1) is 11.3 Å². The van der Waals surface area contributed by atoms with Crippen molar-refractivity contribution in [2.45, 2.75) is 58.5 Å². The van der Waals surface area contributed by atoms with E-state index >= 15 is 0 Å². The molecule has 122 valence electrons. The van der Waals surface area contributed by atoms with Crippen molar-refractivity contribution in [3.63, 3.8) is 0 Å². The van der Waals surface area contributed by atoms with E-state index in [1.54, 1.807) is 6.07 Å². The highest BCUT2D eigenvalue weighted by atomic mass is 32.1. The van der Waals surface area contributed by atoms with Crippen LogP contribution in [0.5, 0.6) is 0 Å². The Morgan fingerprint density at radius 2 is 1.91 bits per heavy atom. The molecule has 2 rings (SSSR count). The minimum atomic E-state index is -0.478. The minimum Gasteiger partial charge on any atom is -0.352 e. The molecule has 1 atom stereocenters. The van der Waals surface area contributed by atoms with E-state index in [2.05, 4.69) is 17.6 Å². The van der Waals surface area contributed by atoms with Crippen molar-refractivity contribution in [3.05, 3.63) is 22.4 Å². The monoisotopic (exact) mass is 322 g/mol. The fourth-order valence-corrected chi connectivity index (χ4v) is 3.48. The van der Waals surface area contributed by atoms with Crippen LogP contribution < -0.4 is 10.6 Å². The topological polar surface area (TPSA) is 58.2 Å².